The highest BCUT2D eigenvalue weighted by molar-refractivity contribution is 5.24. The number of hydroxylamine groups is 2. The molecular formula is C31H49NO6. The predicted molar refractivity (Wildman–Crippen MR) is 151 cm³/mol. The van der Waals surface area contributed by atoms with Crippen LogP contribution >= 0.6 is 0 Å². The zero-order chi connectivity index (χ0) is 27.8. The number of aliphatic hydroxyl groups excluding tert-OH is 1. The molecule has 0 aromatic heterocycles. The summed E-state index contributed by atoms with van der Waals surface area (Å²) in [6.45, 7) is 17.2. The average molecular weight is 532 g/mol. The van der Waals surface area contributed by atoms with Gasteiger partial charge in [0.05, 0.1) is 65.5 Å². The van der Waals surface area contributed by atoms with Crippen LogP contribution in [-0.2, 0) is 30.4 Å². The van der Waals surface area contributed by atoms with E-state index in [1.165, 1.54) is 5.56 Å². The first-order chi connectivity index (χ1) is 18.2. The first-order valence-electron chi connectivity index (χ1n) is 13.8. The van der Waals surface area contributed by atoms with Gasteiger partial charge in [-0.25, -0.2) is 0 Å². The second kappa shape index (κ2) is 17.7. The van der Waals surface area contributed by atoms with Crippen molar-refractivity contribution in [1.82, 2.24) is 5.06 Å². The van der Waals surface area contributed by atoms with Crippen LogP contribution in [0.4, 0.5) is 0 Å². The van der Waals surface area contributed by atoms with Crippen LogP contribution in [0.15, 0.2) is 54.6 Å². The van der Waals surface area contributed by atoms with E-state index in [4.69, 9.17) is 28.9 Å². The number of hydrogen-bond donors (Lipinski definition) is 1. The minimum Gasteiger partial charge on any atom is -0.394 e. The first-order valence-corrected chi connectivity index (χ1v) is 13.8. The van der Waals surface area contributed by atoms with Gasteiger partial charge in [0.15, 0.2) is 0 Å². The molecule has 0 heterocycles. The zero-order valence-electron chi connectivity index (χ0n) is 24.2. The molecule has 0 spiro atoms. The molecule has 0 fully saturated rings. The number of hydrogen-bond acceptors (Lipinski definition) is 7. The standard InChI is InChI=1S/C31H49NO6/c1-25(2)30(29-10-8-7-9-11-29)32(31(4,5)6)38-26(3)28-14-12-27(13-15-28)24-37-23-22-36-21-20-35-19-18-34-17-16-33/h7-15,25-26,30,33H,16-24H2,1-6H3. The Balaban J connectivity index is 1.78. The van der Waals surface area contributed by atoms with Crippen LogP contribution in [0.2, 0.25) is 0 Å². The number of nitrogens with zero attached hydrogens (tertiary/aromatic N) is 1. The third kappa shape index (κ3) is 11.9. The minimum absolute atomic E-state index is 0.0327. The highest BCUT2D eigenvalue weighted by Crippen LogP contribution is 2.37. The summed E-state index contributed by atoms with van der Waals surface area (Å²) < 4.78 is 21.8. The van der Waals surface area contributed by atoms with Gasteiger partial charge in [-0.05, 0) is 50.3 Å². The SMILES string of the molecule is CC(ON(C(c1ccccc1)C(C)C)C(C)(C)C)c1ccc(COCCOCCOCCOCCO)cc1. The lowest BCUT2D eigenvalue weighted by Crippen LogP contribution is -2.46. The zero-order valence-corrected chi connectivity index (χ0v) is 24.2. The van der Waals surface area contributed by atoms with Crippen LogP contribution in [0, 0.1) is 5.92 Å². The van der Waals surface area contributed by atoms with E-state index in [9.17, 15) is 0 Å². The van der Waals surface area contributed by atoms with Gasteiger partial charge in [-0.15, -0.1) is 0 Å². The number of ether oxygens (including phenoxy) is 4. The van der Waals surface area contributed by atoms with E-state index in [1.807, 2.05) is 0 Å². The van der Waals surface area contributed by atoms with Crippen molar-refractivity contribution < 1.29 is 28.9 Å². The van der Waals surface area contributed by atoms with E-state index in [0.717, 1.165) is 11.1 Å². The molecule has 0 aliphatic carbocycles. The lowest BCUT2D eigenvalue weighted by Gasteiger charge is -2.44. The normalized spacial score (nSPS) is 13.8. The molecule has 0 aliphatic heterocycles. The third-order valence-corrected chi connectivity index (χ3v) is 6.03. The molecule has 0 amide bonds. The van der Waals surface area contributed by atoms with Gasteiger partial charge in [0.25, 0.3) is 0 Å². The Bertz CT molecular complexity index is 853. The van der Waals surface area contributed by atoms with E-state index < -0.39 is 0 Å². The fourth-order valence-electron chi connectivity index (χ4n) is 4.11. The lowest BCUT2D eigenvalue weighted by molar-refractivity contribution is -0.272. The van der Waals surface area contributed by atoms with Gasteiger partial charge in [0, 0.05) is 5.54 Å². The number of aliphatic hydroxyl groups is 1. The third-order valence-electron chi connectivity index (χ3n) is 6.03. The van der Waals surface area contributed by atoms with Crippen molar-refractivity contribution >= 4 is 0 Å². The van der Waals surface area contributed by atoms with Gasteiger partial charge in [-0.2, -0.15) is 5.06 Å². The second-order valence-corrected chi connectivity index (χ2v) is 10.7. The Labute approximate surface area is 229 Å². The second-order valence-electron chi connectivity index (χ2n) is 10.7. The van der Waals surface area contributed by atoms with Gasteiger partial charge in [-0.1, -0.05) is 68.4 Å². The molecule has 2 atom stereocenters. The lowest BCUT2D eigenvalue weighted by atomic mass is 9.92. The minimum atomic E-state index is -0.171. The summed E-state index contributed by atoms with van der Waals surface area (Å²) >= 11 is 0. The molecule has 0 bridgehead atoms. The highest BCUT2D eigenvalue weighted by Gasteiger charge is 2.34. The summed E-state index contributed by atoms with van der Waals surface area (Å²) in [7, 11) is 0. The molecule has 0 radical (unpaired) electrons. The van der Waals surface area contributed by atoms with E-state index >= 15 is 0 Å². The van der Waals surface area contributed by atoms with Gasteiger partial charge in [-0.3, -0.25) is 4.84 Å². The maximum absolute atomic E-state index is 8.63. The first kappa shape index (κ1) is 32.4. The van der Waals surface area contributed by atoms with Crippen molar-refractivity contribution in [3.8, 4) is 0 Å². The molecule has 2 aromatic carbocycles. The Kier molecular flexibility index (Phi) is 15.1. The molecule has 0 saturated heterocycles. The van der Waals surface area contributed by atoms with Crippen molar-refractivity contribution in [2.75, 3.05) is 52.9 Å². The molecule has 0 saturated carbocycles. The molecule has 214 valence electrons. The number of benzene rings is 2. The Hall–Kier alpha value is -1.84. The summed E-state index contributed by atoms with van der Waals surface area (Å²) in [6.07, 6.45) is -0.0917. The summed E-state index contributed by atoms with van der Waals surface area (Å²) in [5.74, 6) is 0.386. The highest BCUT2D eigenvalue weighted by atomic mass is 16.7. The summed E-state index contributed by atoms with van der Waals surface area (Å²) in [5, 5.41) is 10.8. The molecule has 1 N–H and O–H groups in total. The Morgan fingerprint density at radius 3 is 1.71 bits per heavy atom. The van der Waals surface area contributed by atoms with Crippen LogP contribution < -0.4 is 0 Å². The van der Waals surface area contributed by atoms with Crippen molar-refractivity contribution in [1.29, 1.82) is 0 Å². The molecule has 38 heavy (non-hydrogen) atoms. The van der Waals surface area contributed by atoms with E-state index in [0.29, 0.717) is 58.8 Å². The van der Waals surface area contributed by atoms with Crippen LogP contribution in [0.5, 0.6) is 0 Å². The molecule has 2 aromatic rings. The Morgan fingerprint density at radius 1 is 0.684 bits per heavy atom. The van der Waals surface area contributed by atoms with Gasteiger partial charge >= 0.3 is 0 Å². The fourth-order valence-corrected chi connectivity index (χ4v) is 4.11. The topological polar surface area (TPSA) is 69.6 Å². The summed E-state index contributed by atoms with van der Waals surface area (Å²) in [4.78, 5) is 6.65. The smallest absolute Gasteiger partial charge is 0.102 e. The molecule has 0 aliphatic rings. The monoisotopic (exact) mass is 531 g/mol. The van der Waals surface area contributed by atoms with Crippen molar-refractivity contribution in [2.24, 2.45) is 5.92 Å². The van der Waals surface area contributed by atoms with E-state index in [2.05, 4.69) is 101 Å². The molecule has 2 unspecified atom stereocenters. The molecular weight excluding hydrogens is 482 g/mol. The predicted octanol–water partition coefficient (Wildman–Crippen LogP) is 5.74. The van der Waals surface area contributed by atoms with Crippen LogP contribution in [0.25, 0.3) is 0 Å². The maximum Gasteiger partial charge on any atom is 0.102 e. The van der Waals surface area contributed by atoms with Crippen molar-refractivity contribution in [2.45, 2.75) is 65.8 Å². The van der Waals surface area contributed by atoms with Gasteiger partial charge < -0.3 is 24.1 Å². The van der Waals surface area contributed by atoms with Crippen LogP contribution in [0.1, 0.15) is 70.4 Å². The number of rotatable bonds is 19. The largest absolute Gasteiger partial charge is 0.394 e. The molecule has 2 rings (SSSR count). The van der Waals surface area contributed by atoms with Crippen LogP contribution in [0.3, 0.4) is 0 Å². The summed E-state index contributed by atoms with van der Waals surface area (Å²) in [5.41, 5.74) is 3.33. The van der Waals surface area contributed by atoms with Crippen molar-refractivity contribution in [3.05, 3.63) is 71.3 Å². The van der Waals surface area contributed by atoms with Gasteiger partial charge in [0.1, 0.15) is 6.10 Å². The molecule has 7 nitrogen and oxygen atoms in total. The van der Waals surface area contributed by atoms with Gasteiger partial charge in [0.2, 0.25) is 0 Å². The quantitative estimate of drug-likeness (QED) is 0.183. The average Bonchev–Trinajstić information content (AvgIpc) is 2.89. The maximum atomic E-state index is 8.63. The summed E-state index contributed by atoms with van der Waals surface area (Å²) in [6, 6.07) is 19.2. The van der Waals surface area contributed by atoms with Crippen LogP contribution in [-0.4, -0.2) is 68.6 Å². The van der Waals surface area contributed by atoms with E-state index in [1.54, 1.807) is 0 Å². The molecule has 7 heteroatoms. The Morgan fingerprint density at radius 2 is 1.21 bits per heavy atom. The fraction of sp³-hybridized carbons (Fsp3) is 0.613. The van der Waals surface area contributed by atoms with E-state index in [-0.39, 0.29) is 24.3 Å². The van der Waals surface area contributed by atoms with Crippen molar-refractivity contribution in [3.63, 3.8) is 0 Å².